The Hall–Kier alpha value is -3.65. The third-order valence-corrected chi connectivity index (χ3v) is 4.48. The van der Waals surface area contributed by atoms with Gasteiger partial charge in [-0.2, -0.15) is 36.5 Å². The molecule has 2 N–H and O–H groups in total. The number of aromatic nitrogens is 5. The molecule has 0 saturated carbocycles. The molecule has 0 saturated heterocycles. The van der Waals surface area contributed by atoms with Gasteiger partial charge in [0, 0.05) is 25.7 Å². The summed E-state index contributed by atoms with van der Waals surface area (Å²) in [5.41, 5.74) is 1.26. The zero-order chi connectivity index (χ0) is 24.9. The average Bonchev–Trinajstić information content (AvgIpc) is 3.38. The van der Waals surface area contributed by atoms with Crippen LogP contribution >= 0.6 is 0 Å². The molecule has 184 valence electrons. The van der Waals surface area contributed by atoms with Crippen LogP contribution in [0.4, 0.5) is 26.3 Å². The Morgan fingerprint density at radius 3 is 2.44 bits per heavy atom. The summed E-state index contributed by atoms with van der Waals surface area (Å²) in [6, 6.07) is 2.87. The molecule has 0 fully saturated rings. The second-order valence-corrected chi connectivity index (χ2v) is 7.30. The molecular weight excluding hydrogens is 472 g/mol. The Kier molecular flexibility index (Phi) is 7.41. The zero-order valence-electron chi connectivity index (χ0n) is 17.4. The second kappa shape index (κ2) is 10.1. The molecule has 34 heavy (non-hydrogen) atoms. The van der Waals surface area contributed by atoms with Crippen LogP contribution in [0.2, 0.25) is 0 Å². The molecular formula is C19H19F6N7O2. The van der Waals surface area contributed by atoms with E-state index in [0.29, 0.717) is 16.9 Å². The molecule has 0 aliphatic heterocycles. The molecule has 0 aliphatic rings. The molecule has 9 nitrogen and oxygen atoms in total. The van der Waals surface area contributed by atoms with Crippen LogP contribution < -0.4 is 10.6 Å². The Bertz CT molecular complexity index is 1150. The summed E-state index contributed by atoms with van der Waals surface area (Å²) in [4.78, 5) is 28.0. The van der Waals surface area contributed by atoms with E-state index in [1.165, 1.54) is 29.2 Å². The van der Waals surface area contributed by atoms with Crippen molar-refractivity contribution in [2.24, 2.45) is 0 Å². The number of halogens is 6. The van der Waals surface area contributed by atoms with Crippen molar-refractivity contribution in [3.05, 3.63) is 47.7 Å². The number of nitrogens with one attached hydrogen (secondary N) is 2. The monoisotopic (exact) mass is 491 g/mol. The third-order valence-electron chi connectivity index (χ3n) is 4.48. The van der Waals surface area contributed by atoms with E-state index in [0.717, 1.165) is 4.68 Å². The molecule has 3 rings (SSSR count). The Morgan fingerprint density at radius 2 is 1.74 bits per heavy atom. The van der Waals surface area contributed by atoms with E-state index in [4.69, 9.17) is 0 Å². The highest BCUT2D eigenvalue weighted by Gasteiger charge is 2.28. The normalized spacial score (nSPS) is 12.2. The molecule has 0 unspecified atom stereocenters. The molecule has 3 aromatic heterocycles. The fraction of sp³-hybridized carbons (Fsp3) is 0.421. The molecule has 0 bridgehead atoms. The van der Waals surface area contributed by atoms with Crippen LogP contribution in [0.3, 0.4) is 0 Å². The van der Waals surface area contributed by atoms with Crippen molar-refractivity contribution in [3.8, 4) is 0 Å². The van der Waals surface area contributed by atoms with Gasteiger partial charge in [-0.1, -0.05) is 0 Å². The van der Waals surface area contributed by atoms with Crippen molar-refractivity contribution in [2.45, 2.75) is 51.2 Å². The average molecular weight is 491 g/mol. The lowest BCUT2D eigenvalue weighted by atomic mass is 10.2. The molecule has 0 spiro atoms. The van der Waals surface area contributed by atoms with Crippen LogP contribution in [0.5, 0.6) is 0 Å². The summed E-state index contributed by atoms with van der Waals surface area (Å²) in [5.74, 6) is -1.34. The largest absolute Gasteiger partial charge is 0.390 e. The van der Waals surface area contributed by atoms with Crippen LogP contribution in [0.1, 0.15) is 41.0 Å². The highest BCUT2D eigenvalue weighted by molar-refractivity contribution is 5.92. The van der Waals surface area contributed by atoms with E-state index >= 15 is 0 Å². The number of carbonyl (C=O) groups is 2. The predicted octanol–water partition coefficient (Wildman–Crippen LogP) is 2.77. The first-order valence-corrected chi connectivity index (χ1v) is 9.93. The number of aryl methyl sites for hydroxylation is 1. The maximum Gasteiger partial charge on any atom is 0.390 e. The molecule has 0 atom stereocenters. The minimum absolute atomic E-state index is 0.0128. The SMILES string of the molecule is O=C(CCC(F)(F)F)NCc1cnn2cc(CNC(=O)c3ccn(CCC(F)(F)F)n3)nc2c1. The number of nitrogens with zero attached hydrogens (tertiary/aromatic N) is 5. The minimum atomic E-state index is -4.41. The van der Waals surface area contributed by atoms with Crippen molar-refractivity contribution in [2.75, 3.05) is 0 Å². The van der Waals surface area contributed by atoms with Gasteiger partial charge in [-0.05, 0) is 17.7 Å². The van der Waals surface area contributed by atoms with Gasteiger partial charge in [-0.3, -0.25) is 14.3 Å². The molecule has 0 radical (unpaired) electrons. The molecule has 2 amide bonds. The lowest BCUT2D eigenvalue weighted by molar-refractivity contribution is -0.144. The Labute approximate surface area is 188 Å². The third kappa shape index (κ3) is 7.74. The van der Waals surface area contributed by atoms with Gasteiger partial charge in [-0.25, -0.2) is 9.50 Å². The van der Waals surface area contributed by atoms with Crippen molar-refractivity contribution in [3.63, 3.8) is 0 Å². The topological polar surface area (TPSA) is 106 Å². The summed E-state index contributed by atoms with van der Waals surface area (Å²) < 4.78 is 75.8. The number of fused-ring (bicyclic) bond motifs is 1. The summed E-state index contributed by atoms with van der Waals surface area (Å²) in [6.45, 7) is -0.447. The number of hydrogen-bond acceptors (Lipinski definition) is 5. The van der Waals surface area contributed by atoms with E-state index in [9.17, 15) is 35.9 Å². The number of carbonyl (C=O) groups excluding carboxylic acids is 2. The number of rotatable bonds is 9. The van der Waals surface area contributed by atoms with Crippen LogP contribution in [0, 0.1) is 0 Å². The van der Waals surface area contributed by atoms with Crippen molar-refractivity contribution in [1.82, 2.24) is 35.0 Å². The van der Waals surface area contributed by atoms with E-state index in [2.05, 4.69) is 25.8 Å². The van der Waals surface area contributed by atoms with E-state index in [1.807, 2.05) is 0 Å². The van der Waals surface area contributed by atoms with E-state index in [-0.39, 0.29) is 18.8 Å². The fourth-order valence-corrected chi connectivity index (χ4v) is 2.80. The van der Waals surface area contributed by atoms with Gasteiger partial charge in [-0.15, -0.1) is 0 Å². The lowest BCUT2D eigenvalue weighted by Crippen LogP contribution is -2.24. The van der Waals surface area contributed by atoms with Crippen LogP contribution in [0.15, 0.2) is 30.7 Å². The Morgan fingerprint density at radius 1 is 1.00 bits per heavy atom. The Balaban J connectivity index is 1.51. The number of imidazole rings is 1. The fourth-order valence-electron chi connectivity index (χ4n) is 2.80. The zero-order valence-corrected chi connectivity index (χ0v) is 17.4. The maximum absolute atomic E-state index is 12.3. The first kappa shape index (κ1) is 25.0. The summed E-state index contributed by atoms with van der Waals surface area (Å²) in [7, 11) is 0. The number of amides is 2. The van der Waals surface area contributed by atoms with Gasteiger partial charge >= 0.3 is 12.4 Å². The van der Waals surface area contributed by atoms with E-state index < -0.39 is 50.0 Å². The van der Waals surface area contributed by atoms with Gasteiger partial charge < -0.3 is 10.6 Å². The molecule has 3 aromatic rings. The predicted molar refractivity (Wildman–Crippen MR) is 104 cm³/mol. The van der Waals surface area contributed by atoms with Crippen molar-refractivity contribution >= 4 is 17.5 Å². The summed E-state index contributed by atoms with van der Waals surface area (Å²) in [5, 5.41) is 12.8. The summed E-state index contributed by atoms with van der Waals surface area (Å²) in [6.07, 6.45) is -7.47. The second-order valence-electron chi connectivity index (χ2n) is 7.30. The highest BCUT2D eigenvalue weighted by atomic mass is 19.4. The first-order valence-electron chi connectivity index (χ1n) is 9.93. The lowest BCUT2D eigenvalue weighted by Gasteiger charge is -2.07. The van der Waals surface area contributed by atoms with Crippen molar-refractivity contribution < 1.29 is 35.9 Å². The molecule has 3 heterocycles. The van der Waals surface area contributed by atoms with Gasteiger partial charge in [0.15, 0.2) is 5.65 Å². The number of hydrogen-bond donors (Lipinski definition) is 2. The standard InChI is InChI=1S/C19H19F6N7O2/c20-18(21,22)3-1-16(33)26-8-12-7-15-29-13(11-32(15)28-9-12)10-27-17(34)14-2-5-31(30-14)6-4-19(23,24)25/h2,5,7,9,11H,1,3-4,6,8,10H2,(H,26,33)(H,27,34). The van der Waals surface area contributed by atoms with Gasteiger partial charge in [0.2, 0.25) is 5.91 Å². The van der Waals surface area contributed by atoms with Crippen molar-refractivity contribution in [1.29, 1.82) is 0 Å². The maximum atomic E-state index is 12.3. The van der Waals surface area contributed by atoms with Crippen LogP contribution in [0.25, 0.3) is 5.65 Å². The first-order chi connectivity index (χ1) is 15.9. The number of alkyl halides is 6. The van der Waals surface area contributed by atoms with Crippen LogP contribution in [-0.2, 0) is 24.4 Å². The van der Waals surface area contributed by atoms with Gasteiger partial charge in [0.05, 0.1) is 37.5 Å². The van der Waals surface area contributed by atoms with E-state index in [1.54, 1.807) is 6.07 Å². The smallest absolute Gasteiger partial charge is 0.352 e. The molecule has 0 aliphatic carbocycles. The highest BCUT2D eigenvalue weighted by Crippen LogP contribution is 2.21. The summed E-state index contributed by atoms with van der Waals surface area (Å²) >= 11 is 0. The molecule has 0 aromatic carbocycles. The van der Waals surface area contributed by atoms with Crippen LogP contribution in [-0.4, -0.2) is 48.5 Å². The van der Waals surface area contributed by atoms with Gasteiger partial charge in [0.25, 0.3) is 5.91 Å². The van der Waals surface area contributed by atoms with Gasteiger partial charge in [0.1, 0.15) is 5.69 Å². The molecule has 15 heteroatoms. The minimum Gasteiger partial charge on any atom is -0.352 e. The quantitative estimate of drug-likeness (QED) is 0.448.